The molecule has 56 heavy (non-hydrogen) atoms. The quantitative estimate of drug-likeness (QED) is 0.212. The summed E-state index contributed by atoms with van der Waals surface area (Å²) < 4.78 is -65.0. The highest BCUT2D eigenvalue weighted by molar-refractivity contribution is 6.86. The lowest BCUT2D eigenvalue weighted by atomic mass is 9.96. The monoisotopic (exact) mass is 1520 g/mol. The van der Waals surface area contributed by atoms with E-state index in [1.165, 1.54) is 0 Å². The van der Waals surface area contributed by atoms with Gasteiger partial charge in [0.15, 0.2) is 78.0 Å². The third kappa shape index (κ3) is 8.51. The van der Waals surface area contributed by atoms with Crippen LogP contribution in [0.25, 0.3) is 0 Å². The minimum atomic E-state index is -3.68. The SMILES string of the molecule is ClC1C(Cl)(Cl)C(Cl)(Cl)C(Cl)(Cl)C(Cl)(Cl)C(Cl)(Cl)C(Cl)(Cl)C(Cl)(Cl)C(Cl)(Cl)C(Cl)(Cl)C(Cl)(Cl)C(Cl)(Cl)C(Cl)(Cl)C(Cl)(Cl)C(Cl)(Cl)C(Cl)(Cl)C(Cl)(Cl)C(Cl)(Cl)C1(Cl)Cl. The number of hydrogen-bond donors (Lipinski definition) is 0. The van der Waals surface area contributed by atoms with Gasteiger partial charge in [0.2, 0.25) is 0 Å². The summed E-state index contributed by atoms with van der Waals surface area (Å²) in [4.78, 5) is 0. The van der Waals surface area contributed by atoms with Crippen molar-refractivity contribution in [2.75, 3.05) is 0 Å². The molecule has 0 nitrogen and oxygen atoms in total. The maximum absolute atomic E-state index is 6.59. The third-order valence-electron chi connectivity index (χ3n) is 7.39. The topological polar surface area (TPSA) is 0 Å². The molecule has 0 amide bonds. The summed E-state index contributed by atoms with van der Waals surface area (Å²) >= 11 is 244. The van der Waals surface area contributed by atoms with Crippen LogP contribution < -0.4 is 0 Å². The highest BCUT2D eigenvalue weighted by Gasteiger charge is 2.89. The van der Waals surface area contributed by atoms with Crippen molar-refractivity contribution in [3.8, 4) is 0 Å². The summed E-state index contributed by atoms with van der Waals surface area (Å²) in [5.74, 6) is 0. The third-order valence-corrected chi connectivity index (χ3v) is 35.3. The summed E-state index contributed by atoms with van der Waals surface area (Å²) in [7, 11) is 0. The van der Waals surface area contributed by atoms with Gasteiger partial charge in [-0.1, -0.05) is 418 Å². The fraction of sp³-hybridized carbons (Fsp3) is 1.00. The Kier molecular flexibility index (Phi) is 21.5. The van der Waals surface area contributed by atoms with Crippen LogP contribution in [-0.2, 0) is 0 Å². The minimum absolute atomic E-state index is 2.69. The highest BCUT2D eigenvalue weighted by atomic mass is 35.6. The molecule has 0 aromatic carbocycles. The fourth-order valence-corrected chi connectivity index (χ4v) is 17.8. The van der Waals surface area contributed by atoms with Crippen LogP contribution >= 0.6 is 429 Å². The van der Waals surface area contributed by atoms with E-state index in [-0.39, 0.29) is 0 Å². The summed E-state index contributed by atoms with van der Waals surface area (Å²) in [6, 6.07) is 0. The van der Waals surface area contributed by atoms with Crippen LogP contribution in [0, 0.1) is 0 Å². The second kappa shape index (κ2) is 18.6. The standard InChI is InChI=1S/C19HCl37/c20-1-2(21,22)4(25,26)6(29,30)8(33,34)10(37,38)12(41,42)14(45,46)16(49,50)18(53,54)19(55,56)17(51,52)15(47,48)13(43,44)11(39,40)9(35,36)7(31,32)5(27,28)3(1,23)24/h1H. The molecule has 0 aromatic rings. The van der Waals surface area contributed by atoms with Crippen LogP contribution in [0.2, 0.25) is 0 Å². The van der Waals surface area contributed by atoms with Gasteiger partial charge in [-0.2, -0.15) is 0 Å². The molecule has 0 spiro atoms. The molecule has 37 heteroatoms. The predicted molar refractivity (Wildman–Crippen MR) is 270 cm³/mol. The van der Waals surface area contributed by atoms with Crippen LogP contribution in [0.1, 0.15) is 0 Å². The summed E-state index contributed by atoms with van der Waals surface area (Å²) in [6.45, 7) is 0. The van der Waals surface area contributed by atoms with Crippen LogP contribution in [0.15, 0.2) is 0 Å². The minimum Gasteiger partial charge on any atom is -0.116 e. The van der Waals surface area contributed by atoms with Crippen molar-refractivity contribution in [3.63, 3.8) is 0 Å². The Balaban J connectivity index is 4.92. The zero-order valence-corrected chi connectivity index (χ0v) is 51.5. The zero-order chi connectivity index (χ0) is 46.6. The molecule has 0 aliphatic heterocycles. The largest absolute Gasteiger partial charge is 0.189 e. The molecule has 0 bridgehead atoms. The zero-order valence-electron chi connectivity index (χ0n) is 23.6. The predicted octanol–water partition coefficient (Wildman–Crippen LogP) is 21.7. The molecule has 1 aliphatic carbocycles. The first-order chi connectivity index (χ1) is 23.4. The van der Waals surface area contributed by atoms with Crippen molar-refractivity contribution in [3.05, 3.63) is 0 Å². The number of hydrogen-bond acceptors (Lipinski definition) is 0. The van der Waals surface area contributed by atoms with Gasteiger partial charge in [0.05, 0.1) is 0 Å². The lowest BCUT2D eigenvalue weighted by molar-refractivity contribution is 0.394. The second-order valence-corrected chi connectivity index (χ2v) is 35.2. The Morgan fingerprint density at radius 2 is 0.214 bits per heavy atom. The van der Waals surface area contributed by atoms with E-state index in [4.69, 9.17) is 429 Å². The van der Waals surface area contributed by atoms with Crippen molar-refractivity contribution in [2.45, 2.75) is 83.4 Å². The molecule has 0 radical (unpaired) electrons. The van der Waals surface area contributed by atoms with Crippen LogP contribution in [0.5, 0.6) is 0 Å². The highest BCUT2D eigenvalue weighted by Crippen LogP contribution is 2.80. The van der Waals surface area contributed by atoms with Gasteiger partial charge >= 0.3 is 0 Å². The van der Waals surface area contributed by atoms with Gasteiger partial charge in [-0.15, -0.1) is 11.6 Å². The molecule has 0 saturated heterocycles. The molecule has 336 valence electrons. The number of halogens is 37. The van der Waals surface area contributed by atoms with Crippen molar-refractivity contribution >= 4 is 429 Å². The molecular formula is C19HCl37. The number of alkyl halides is 37. The van der Waals surface area contributed by atoms with Crippen molar-refractivity contribution < 1.29 is 0 Å². The van der Waals surface area contributed by atoms with E-state index < -0.39 is 83.4 Å². The van der Waals surface area contributed by atoms with Gasteiger partial charge in [0.25, 0.3) is 0 Å². The molecular weight excluding hydrogens is 1540 g/mol. The first-order valence-corrected chi connectivity index (χ1v) is 25.9. The summed E-state index contributed by atoms with van der Waals surface area (Å²) in [5, 5.41) is -2.69. The molecule has 0 atom stereocenters. The van der Waals surface area contributed by atoms with Crippen LogP contribution in [0.3, 0.4) is 0 Å². The van der Waals surface area contributed by atoms with Crippen molar-refractivity contribution in [1.29, 1.82) is 0 Å². The lowest BCUT2D eigenvalue weighted by Gasteiger charge is -2.58. The Morgan fingerprint density at radius 1 is 0.143 bits per heavy atom. The maximum atomic E-state index is 6.59. The molecule has 1 saturated carbocycles. The average molecular weight is 1540 g/mol. The molecule has 0 unspecified atom stereocenters. The van der Waals surface area contributed by atoms with Gasteiger partial charge < -0.3 is 0 Å². The van der Waals surface area contributed by atoms with E-state index in [0.717, 1.165) is 0 Å². The Bertz CT molecular complexity index is 1380. The Morgan fingerprint density at radius 3 is 0.304 bits per heavy atom. The molecule has 0 N–H and O–H groups in total. The smallest absolute Gasteiger partial charge is 0.116 e. The van der Waals surface area contributed by atoms with E-state index in [1.54, 1.807) is 0 Å². The normalized spacial score (nSPS) is 33.8. The van der Waals surface area contributed by atoms with Gasteiger partial charge in [-0.3, -0.25) is 0 Å². The van der Waals surface area contributed by atoms with Gasteiger partial charge in [-0.25, -0.2) is 0 Å². The first kappa shape index (κ1) is 64.7. The summed E-state index contributed by atoms with van der Waals surface area (Å²) in [5.41, 5.74) is 0. The average Bonchev–Trinajstić information content (AvgIpc) is 2.98. The van der Waals surface area contributed by atoms with E-state index in [9.17, 15) is 0 Å². The fourth-order valence-electron chi connectivity index (χ4n) is 3.72. The number of rotatable bonds is 0. The Hall–Kier alpha value is 10.7. The maximum Gasteiger partial charge on any atom is 0.189 e. The van der Waals surface area contributed by atoms with E-state index in [2.05, 4.69) is 0 Å². The van der Waals surface area contributed by atoms with Gasteiger partial charge in [0, 0.05) is 0 Å². The first-order valence-electron chi connectivity index (χ1n) is 11.8. The van der Waals surface area contributed by atoms with E-state index >= 15 is 0 Å². The van der Waals surface area contributed by atoms with Gasteiger partial charge in [-0.05, 0) is 0 Å². The molecule has 1 rings (SSSR count). The lowest BCUT2D eigenvalue weighted by Crippen LogP contribution is -2.76. The van der Waals surface area contributed by atoms with Gasteiger partial charge in [0.1, 0.15) is 5.38 Å². The second-order valence-electron chi connectivity index (χ2n) is 10.8. The van der Waals surface area contributed by atoms with Crippen molar-refractivity contribution in [2.24, 2.45) is 0 Å². The Labute approximate surface area is 504 Å². The van der Waals surface area contributed by atoms with E-state index in [0.29, 0.717) is 0 Å². The summed E-state index contributed by atoms with van der Waals surface area (Å²) in [6.07, 6.45) is 0. The van der Waals surface area contributed by atoms with Crippen molar-refractivity contribution in [1.82, 2.24) is 0 Å². The van der Waals surface area contributed by atoms with E-state index in [1.807, 2.05) is 0 Å². The molecule has 1 fully saturated rings. The molecule has 0 aromatic heterocycles. The molecule has 1 aliphatic rings. The van der Waals surface area contributed by atoms with Crippen LogP contribution in [0.4, 0.5) is 0 Å². The molecule has 0 heterocycles. The van der Waals surface area contributed by atoms with Crippen LogP contribution in [-0.4, -0.2) is 83.4 Å².